The molecule has 8 nitrogen and oxygen atoms in total. The molecule has 4 rings (SSSR count). The SMILES string of the molecule is C[C@@H]1C=C(c2ccn3ncc(C(=O)NCC(C)(C)F)c3c2)c2cnc(NCC(C)(C)C)nc2CN1. The molecule has 0 fully saturated rings. The number of fused-ring (bicyclic) bond motifs is 2. The van der Waals surface area contributed by atoms with Crippen LogP contribution in [0.2, 0.25) is 0 Å². The zero-order valence-corrected chi connectivity index (χ0v) is 21.2. The number of hydrogen-bond acceptors (Lipinski definition) is 6. The Hall–Kier alpha value is -3.33. The van der Waals surface area contributed by atoms with Crippen molar-refractivity contribution >= 4 is 22.9 Å². The Morgan fingerprint density at radius 2 is 2.00 bits per heavy atom. The molecule has 1 aliphatic heterocycles. The normalized spacial score (nSPS) is 16.4. The van der Waals surface area contributed by atoms with E-state index in [0.717, 1.165) is 28.9 Å². The van der Waals surface area contributed by atoms with Gasteiger partial charge in [-0.25, -0.2) is 18.9 Å². The van der Waals surface area contributed by atoms with Crippen molar-refractivity contribution in [3.8, 4) is 0 Å². The molecule has 0 aromatic carbocycles. The summed E-state index contributed by atoms with van der Waals surface area (Å²) in [6.45, 7) is 12.7. The second kappa shape index (κ2) is 9.37. The third-order valence-electron chi connectivity index (χ3n) is 5.69. The van der Waals surface area contributed by atoms with Gasteiger partial charge < -0.3 is 16.0 Å². The van der Waals surface area contributed by atoms with Crippen LogP contribution in [-0.2, 0) is 6.54 Å². The molecule has 0 bridgehead atoms. The number of pyridine rings is 1. The Morgan fingerprint density at radius 3 is 2.71 bits per heavy atom. The van der Waals surface area contributed by atoms with E-state index in [4.69, 9.17) is 4.98 Å². The predicted molar refractivity (Wildman–Crippen MR) is 136 cm³/mol. The van der Waals surface area contributed by atoms with Crippen LogP contribution in [0.15, 0.2) is 36.8 Å². The summed E-state index contributed by atoms with van der Waals surface area (Å²) in [6, 6.07) is 4.01. The highest BCUT2D eigenvalue weighted by atomic mass is 19.1. The van der Waals surface area contributed by atoms with Gasteiger partial charge in [0.2, 0.25) is 5.95 Å². The van der Waals surface area contributed by atoms with E-state index in [2.05, 4.69) is 59.8 Å². The van der Waals surface area contributed by atoms with Gasteiger partial charge in [0, 0.05) is 37.1 Å². The average Bonchev–Trinajstić information content (AvgIpc) is 3.13. The van der Waals surface area contributed by atoms with Crippen molar-refractivity contribution in [2.24, 2.45) is 5.41 Å². The third kappa shape index (κ3) is 6.03. The number of rotatable bonds is 6. The predicted octanol–water partition coefficient (Wildman–Crippen LogP) is 3.98. The lowest BCUT2D eigenvalue weighted by atomic mass is 9.96. The van der Waals surface area contributed by atoms with Gasteiger partial charge in [0.05, 0.1) is 29.5 Å². The Bertz CT molecular complexity index is 1270. The van der Waals surface area contributed by atoms with Crippen molar-refractivity contribution in [2.45, 2.75) is 59.8 Å². The lowest BCUT2D eigenvalue weighted by Gasteiger charge is -2.19. The van der Waals surface area contributed by atoms with Gasteiger partial charge >= 0.3 is 0 Å². The van der Waals surface area contributed by atoms with E-state index < -0.39 is 5.67 Å². The summed E-state index contributed by atoms with van der Waals surface area (Å²) in [5.74, 6) is 0.251. The Labute approximate surface area is 205 Å². The monoisotopic (exact) mass is 479 g/mol. The van der Waals surface area contributed by atoms with E-state index >= 15 is 0 Å². The standard InChI is InChI=1S/C26H34FN7O/c1-16-9-18(19-11-29-24(31-14-25(2,3)4)33-21(19)13-28-16)17-7-8-34-22(10-17)20(12-32-34)23(35)30-15-26(5,6)27/h7-12,16,28H,13-15H2,1-6H3,(H,30,35)(H,29,31,33)/t16-/m1/s1. The van der Waals surface area contributed by atoms with E-state index in [9.17, 15) is 9.18 Å². The Balaban J connectivity index is 1.69. The van der Waals surface area contributed by atoms with Crippen LogP contribution in [-0.4, -0.2) is 50.3 Å². The van der Waals surface area contributed by atoms with Crippen LogP contribution in [0.4, 0.5) is 10.3 Å². The summed E-state index contributed by atoms with van der Waals surface area (Å²) in [5, 5.41) is 13.8. The molecule has 0 saturated heterocycles. The van der Waals surface area contributed by atoms with Gasteiger partial charge in [-0.3, -0.25) is 4.79 Å². The summed E-state index contributed by atoms with van der Waals surface area (Å²) in [4.78, 5) is 22.1. The highest BCUT2D eigenvalue weighted by Crippen LogP contribution is 2.30. The average molecular weight is 480 g/mol. The molecule has 3 N–H and O–H groups in total. The molecule has 35 heavy (non-hydrogen) atoms. The summed E-state index contributed by atoms with van der Waals surface area (Å²) in [6.07, 6.45) is 7.33. The smallest absolute Gasteiger partial charge is 0.255 e. The van der Waals surface area contributed by atoms with Crippen LogP contribution >= 0.6 is 0 Å². The Morgan fingerprint density at radius 1 is 1.23 bits per heavy atom. The number of nitrogens with one attached hydrogen (secondary N) is 3. The van der Waals surface area contributed by atoms with Crippen LogP contribution in [0.25, 0.3) is 11.1 Å². The van der Waals surface area contributed by atoms with Crippen molar-refractivity contribution in [3.05, 3.63) is 59.2 Å². The highest BCUT2D eigenvalue weighted by molar-refractivity contribution is 6.01. The topological polar surface area (TPSA) is 96.2 Å². The summed E-state index contributed by atoms with van der Waals surface area (Å²) in [5.41, 5.74) is 3.42. The van der Waals surface area contributed by atoms with Crippen LogP contribution < -0.4 is 16.0 Å². The van der Waals surface area contributed by atoms with Gasteiger partial charge in [-0.05, 0) is 49.5 Å². The quantitative estimate of drug-likeness (QED) is 0.495. The largest absolute Gasteiger partial charge is 0.354 e. The highest BCUT2D eigenvalue weighted by Gasteiger charge is 2.22. The van der Waals surface area contributed by atoms with Crippen molar-refractivity contribution in [2.75, 3.05) is 18.4 Å². The maximum absolute atomic E-state index is 13.9. The first-order valence-electron chi connectivity index (χ1n) is 11.9. The molecule has 4 heterocycles. The van der Waals surface area contributed by atoms with Crippen molar-refractivity contribution in [1.82, 2.24) is 30.2 Å². The summed E-state index contributed by atoms with van der Waals surface area (Å²) < 4.78 is 15.5. The maximum Gasteiger partial charge on any atom is 0.255 e. The second-order valence-corrected chi connectivity index (χ2v) is 10.9. The first-order chi connectivity index (χ1) is 16.4. The first-order valence-corrected chi connectivity index (χ1v) is 11.9. The van der Waals surface area contributed by atoms with Crippen molar-refractivity contribution in [3.63, 3.8) is 0 Å². The third-order valence-corrected chi connectivity index (χ3v) is 5.69. The van der Waals surface area contributed by atoms with Crippen molar-refractivity contribution in [1.29, 1.82) is 0 Å². The number of carbonyl (C=O) groups excluding carboxylic acids is 1. The van der Waals surface area contributed by atoms with Crippen LogP contribution in [0.1, 0.15) is 68.7 Å². The number of anilines is 1. The lowest BCUT2D eigenvalue weighted by molar-refractivity contribution is 0.0922. The van der Waals surface area contributed by atoms with E-state index in [1.807, 2.05) is 24.5 Å². The number of amides is 1. The molecule has 0 unspecified atom stereocenters. The van der Waals surface area contributed by atoms with E-state index in [1.165, 1.54) is 20.0 Å². The molecule has 3 aromatic heterocycles. The minimum absolute atomic E-state index is 0.0759. The fourth-order valence-corrected chi connectivity index (χ4v) is 3.82. The summed E-state index contributed by atoms with van der Waals surface area (Å²) >= 11 is 0. The fourth-order valence-electron chi connectivity index (χ4n) is 3.82. The van der Waals surface area contributed by atoms with Crippen LogP contribution in [0, 0.1) is 5.41 Å². The second-order valence-electron chi connectivity index (χ2n) is 10.9. The molecule has 0 spiro atoms. The maximum atomic E-state index is 13.9. The number of alkyl halides is 1. The zero-order chi connectivity index (χ0) is 25.4. The van der Waals surface area contributed by atoms with Gasteiger partial charge in [-0.15, -0.1) is 0 Å². The van der Waals surface area contributed by atoms with E-state index in [-0.39, 0.29) is 23.9 Å². The molecule has 1 amide bonds. The van der Waals surface area contributed by atoms with Crippen LogP contribution in [0.5, 0.6) is 0 Å². The van der Waals surface area contributed by atoms with Crippen molar-refractivity contribution < 1.29 is 9.18 Å². The Kier molecular flexibility index (Phi) is 6.64. The first kappa shape index (κ1) is 24.8. The van der Waals surface area contributed by atoms with Crippen LogP contribution in [0.3, 0.4) is 0 Å². The van der Waals surface area contributed by atoms with Gasteiger partial charge in [-0.2, -0.15) is 5.10 Å². The minimum Gasteiger partial charge on any atom is -0.354 e. The molecular weight excluding hydrogens is 445 g/mol. The number of halogens is 1. The molecule has 1 aliphatic rings. The number of aromatic nitrogens is 4. The molecule has 1 atom stereocenters. The fraction of sp³-hybridized carbons (Fsp3) is 0.462. The van der Waals surface area contributed by atoms with E-state index in [1.54, 1.807) is 4.52 Å². The molecule has 0 aliphatic carbocycles. The summed E-state index contributed by atoms with van der Waals surface area (Å²) in [7, 11) is 0. The molecule has 3 aromatic rings. The van der Waals surface area contributed by atoms with Gasteiger partial charge in [0.25, 0.3) is 5.91 Å². The number of nitrogens with zero attached hydrogens (tertiary/aromatic N) is 4. The molecule has 186 valence electrons. The molecule has 0 saturated carbocycles. The molecule has 0 radical (unpaired) electrons. The number of hydrogen-bond donors (Lipinski definition) is 3. The number of carbonyl (C=O) groups is 1. The molecular formula is C26H34FN7O. The minimum atomic E-state index is -1.50. The lowest BCUT2D eigenvalue weighted by Crippen LogP contribution is -2.35. The van der Waals surface area contributed by atoms with E-state index in [0.29, 0.717) is 23.6 Å². The zero-order valence-electron chi connectivity index (χ0n) is 21.2. The van der Waals surface area contributed by atoms with Gasteiger partial charge in [0.15, 0.2) is 0 Å². The van der Waals surface area contributed by atoms with Gasteiger partial charge in [0.1, 0.15) is 5.67 Å². The molecule has 9 heteroatoms. The van der Waals surface area contributed by atoms with Gasteiger partial charge in [-0.1, -0.05) is 26.8 Å².